The number of fused-ring (bicyclic) bond motifs is 1. The van der Waals surface area contributed by atoms with Gasteiger partial charge in [-0.2, -0.15) is 0 Å². The third-order valence-electron chi connectivity index (χ3n) is 4.64. The maximum atomic E-state index is 6.10. The molecule has 0 fully saturated rings. The van der Waals surface area contributed by atoms with Crippen molar-refractivity contribution in [3.05, 3.63) is 60.2 Å². The number of benzene rings is 2. The van der Waals surface area contributed by atoms with Crippen molar-refractivity contribution >= 4 is 11.0 Å². The molecule has 0 bridgehead atoms. The number of hydrogen-bond donors (Lipinski definition) is 0. The van der Waals surface area contributed by atoms with E-state index in [4.69, 9.17) is 9.15 Å². The van der Waals surface area contributed by atoms with Crippen LogP contribution in [0, 0.1) is 12.8 Å². The highest BCUT2D eigenvalue weighted by molar-refractivity contribution is 5.83. The zero-order chi connectivity index (χ0) is 16.9. The zero-order valence-corrected chi connectivity index (χ0v) is 14.7. The van der Waals surface area contributed by atoms with E-state index in [0.717, 1.165) is 47.5 Å². The van der Waals surface area contributed by atoms with E-state index in [1.165, 1.54) is 5.56 Å². The van der Waals surface area contributed by atoms with Gasteiger partial charge >= 0.3 is 11.3 Å². The predicted molar refractivity (Wildman–Crippen MR) is 100 cm³/mol. The second kappa shape index (κ2) is 7.48. The van der Waals surface area contributed by atoms with Crippen LogP contribution in [-0.2, 0) is 0 Å². The largest absolute Gasteiger partial charge is 0.493 e. The Balaban J connectivity index is 1.90. The third-order valence-corrected chi connectivity index (χ3v) is 4.64. The van der Waals surface area contributed by atoms with Crippen LogP contribution in [0.5, 0.6) is 5.75 Å². The van der Waals surface area contributed by atoms with Gasteiger partial charge in [-0.1, -0.05) is 44.9 Å². The van der Waals surface area contributed by atoms with Crippen LogP contribution in [0.15, 0.2) is 59.0 Å². The lowest BCUT2D eigenvalue weighted by Gasteiger charge is -2.13. The highest BCUT2D eigenvalue weighted by atomic mass is 16.5. The topological polar surface area (TPSA) is 20.5 Å². The molecular weight excluding hydrogens is 296 g/mol. The van der Waals surface area contributed by atoms with E-state index in [2.05, 4.69) is 45.0 Å². The summed E-state index contributed by atoms with van der Waals surface area (Å²) in [4.78, 5) is 0. The van der Waals surface area contributed by atoms with E-state index in [9.17, 15) is 0 Å². The van der Waals surface area contributed by atoms with Crippen molar-refractivity contribution in [1.29, 1.82) is 0 Å². The molecule has 0 aliphatic carbocycles. The standard InChI is InChI=1S/C22H25O2/c1-4-17(5-2)15-23-19-11-12-21-20(14-19)16(3)13-22(24-21)18-9-7-6-8-10-18/h6-14,17H,4-5,15H2,1-3H3/q+1. The Kier molecular flexibility index (Phi) is 5.14. The van der Waals surface area contributed by atoms with Crippen molar-refractivity contribution in [2.45, 2.75) is 33.6 Å². The molecule has 0 radical (unpaired) electrons. The van der Waals surface area contributed by atoms with Crippen LogP contribution in [0.25, 0.3) is 22.3 Å². The summed E-state index contributed by atoms with van der Waals surface area (Å²) in [6, 6.07) is 18.4. The molecule has 24 heavy (non-hydrogen) atoms. The molecule has 1 aromatic heterocycles. The van der Waals surface area contributed by atoms with Crippen LogP contribution in [-0.4, -0.2) is 6.61 Å². The summed E-state index contributed by atoms with van der Waals surface area (Å²) in [6.45, 7) is 7.32. The first kappa shape index (κ1) is 16.5. The molecule has 0 N–H and O–H groups in total. The second-order valence-corrected chi connectivity index (χ2v) is 6.31. The Hall–Kier alpha value is -2.35. The van der Waals surface area contributed by atoms with Crippen LogP contribution in [0.4, 0.5) is 0 Å². The quantitative estimate of drug-likeness (QED) is 0.483. The van der Waals surface area contributed by atoms with Crippen molar-refractivity contribution in [1.82, 2.24) is 0 Å². The van der Waals surface area contributed by atoms with Gasteiger partial charge < -0.3 is 4.74 Å². The van der Waals surface area contributed by atoms with Crippen molar-refractivity contribution in [3.63, 3.8) is 0 Å². The summed E-state index contributed by atoms with van der Waals surface area (Å²) in [5, 5.41) is 1.11. The molecule has 0 aliphatic heterocycles. The first-order valence-corrected chi connectivity index (χ1v) is 8.77. The summed E-state index contributed by atoms with van der Waals surface area (Å²) < 4.78 is 12.1. The molecule has 0 saturated heterocycles. The lowest BCUT2D eigenvalue weighted by Crippen LogP contribution is -2.09. The lowest BCUT2D eigenvalue weighted by molar-refractivity contribution is 0.241. The number of aryl methyl sites for hydroxylation is 1. The average molecular weight is 321 g/mol. The van der Waals surface area contributed by atoms with Crippen LogP contribution >= 0.6 is 0 Å². The van der Waals surface area contributed by atoms with Crippen LogP contribution in [0.1, 0.15) is 32.3 Å². The Bertz CT molecular complexity index is 805. The Morgan fingerprint density at radius 3 is 2.42 bits per heavy atom. The second-order valence-electron chi connectivity index (χ2n) is 6.31. The van der Waals surface area contributed by atoms with E-state index in [-0.39, 0.29) is 0 Å². The van der Waals surface area contributed by atoms with Gasteiger partial charge in [-0.25, -0.2) is 4.42 Å². The molecular formula is C22H25O2+. The predicted octanol–water partition coefficient (Wildman–Crippen LogP) is 6.50. The first-order valence-electron chi connectivity index (χ1n) is 8.77. The van der Waals surface area contributed by atoms with Gasteiger partial charge in [-0.15, -0.1) is 0 Å². The van der Waals surface area contributed by atoms with Crippen molar-refractivity contribution in [2.75, 3.05) is 6.61 Å². The minimum atomic E-state index is 0.618. The molecule has 1 heterocycles. The normalized spacial score (nSPS) is 11.2. The minimum Gasteiger partial charge on any atom is -0.493 e. The van der Waals surface area contributed by atoms with Gasteiger partial charge in [0.25, 0.3) is 0 Å². The SMILES string of the molecule is CCC(CC)COc1ccc2[o+]c(-c3ccccc3)cc(C)c2c1. The fourth-order valence-corrected chi connectivity index (χ4v) is 2.90. The van der Waals surface area contributed by atoms with Gasteiger partial charge in [0.05, 0.1) is 17.6 Å². The Morgan fingerprint density at radius 1 is 0.958 bits per heavy atom. The van der Waals surface area contributed by atoms with Crippen molar-refractivity contribution in [3.8, 4) is 17.1 Å². The van der Waals surface area contributed by atoms with Crippen LogP contribution in [0.2, 0.25) is 0 Å². The molecule has 0 spiro atoms. The van der Waals surface area contributed by atoms with Gasteiger partial charge in [-0.3, -0.25) is 0 Å². The molecule has 0 atom stereocenters. The van der Waals surface area contributed by atoms with E-state index in [1.807, 2.05) is 30.3 Å². The van der Waals surface area contributed by atoms with E-state index < -0.39 is 0 Å². The summed E-state index contributed by atoms with van der Waals surface area (Å²) in [5.74, 6) is 2.43. The van der Waals surface area contributed by atoms with E-state index in [0.29, 0.717) is 5.92 Å². The van der Waals surface area contributed by atoms with Gasteiger partial charge in [0.2, 0.25) is 0 Å². The molecule has 0 amide bonds. The highest BCUT2D eigenvalue weighted by Gasteiger charge is 2.17. The number of ether oxygens (including phenoxy) is 1. The summed E-state index contributed by atoms with van der Waals surface area (Å²) in [5.41, 5.74) is 3.18. The van der Waals surface area contributed by atoms with Crippen LogP contribution < -0.4 is 4.74 Å². The highest BCUT2D eigenvalue weighted by Crippen LogP contribution is 2.30. The van der Waals surface area contributed by atoms with Crippen molar-refractivity contribution in [2.24, 2.45) is 5.92 Å². The molecule has 3 aromatic rings. The maximum Gasteiger partial charge on any atom is 0.361 e. The van der Waals surface area contributed by atoms with Crippen molar-refractivity contribution < 1.29 is 9.15 Å². The molecule has 0 unspecified atom stereocenters. The Labute approximate surface area is 144 Å². The molecule has 124 valence electrons. The molecule has 0 aliphatic rings. The smallest absolute Gasteiger partial charge is 0.361 e. The molecule has 3 rings (SSSR count). The Morgan fingerprint density at radius 2 is 1.71 bits per heavy atom. The first-order chi connectivity index (χ1) is 11.7. The number of rotatable bonds is 6. The molecule has 2 nitrogen and oxygen atoms in total. The fourth-order valence-electron chi connectivity index (χ4n) is 2.90. The fraction of sp³-hybridized carbons (Fsp3) is 0.318. The van der Waals surface area contributed by atoms with E-state index >= 15 is 0 Å². The van der Waals surface area contributed by atoms with Gasteiger partial charge in [0, 0.05) is 12.1 Å². The zero-order valence-electron chi connectivity index (χ0n) is 14.7. The van der Waals surface area contributed by atoms with Gasteiger partial charge in [-0.05, 0) is 42.7 Å². The minimum absolute atomic E-state index is 0.618. The lowest BCUT2D eigenvalue weighted by atomic mass is 10.1. The molecule has 2 heteroatoms. The maximum absolute atomic E-state index is 6.10. The molecule has 2 aromatic carbocycles. The monoisotopic (exact) mass is 321 g/mol. The van der Waals surface area contributed by atoms with E-state index in [1.54, 1.807) is 0 Å². The summed E-state index contributed by atoms with van der Waals surface area (Å²) >= 11 is 0. The number of hydrogen-bond acceptors (Lipinski definition) is 1. The summed E-state index contributed by atoms with van der Waals surface area (Å²) in [7, 11) is 0. The van der Waals surface area contributed by atoms with Gasteiger partial charge in [0.15, 0.2) is 0 Å². The summed E-state index contributed by atoms with van der Waals surface area (Å²) in [6.07, 6.45) is 2.30. The van der Waals surface area contributed by atoms with Crippen LogP contribution in [0.3, 0.4) is 0 Å². The van der Waals surface area contributed by atoms with Gasteiger partial charge in [0.1, 0.15) is 5.75 Å². The third kappa shape index (κ3) is 3.59. The molecule has 0 saturated carbocycles. The average Bonchev–Trinajstić information content (AvgIpc) is 2.63.